The highest BCUT2D eigenvalue weighted by molar-refractivity contribution is 5.81. The molecule has 2 rings (SSSR count). The number of carbonyl (C=O) groups is 2. The van der Waals surface area contributed by atoms with Gasteiger partial charge in [0.05, 0.1) is 21.8 Å². The average Bonchev–Trinajstić information content (AvgIpc) is 2.60. The lowest BCUT2D eigenvalue weighted by molar-refractivity contribution is -0.385. The number of carboxylic acid groups (broad SMARTS) is 1. The Balaban J connectivity index is 0.000000292. The van der Waals surface area contributed by atoms with E-state index in [1.807, 2.05) is 0 Å². The number of nitro groups is 2. The fraction of sp³-hybridized carbons (Fsp3) is 0.125. The van der Waals surface area contributed by atoms with Crippen LogP contribution in [0.4, 0.5) is 20.2 Å². The Morgan fingerprint density at radius 3 is 2.04 bits per heavy atom. The maximum absolute atomic E-state index is 12.9. The molecule has 0 heterocycles. The molecule has 10 nitrogen and oxygen atoms in total. The zero-order valence-corrected chi connectivity index (χ0v) is 14.0. The van der Waals surface area contributed by atoms with Gasteiger partial charge in [-0.2, -0.15) is 0 Å². The second-order valence-corrected chi connectivity index (χ2v) is 5.24. The number of carbonyl (C=O) groups excluding carboxylic acids is 1. The second-order valence-electron chi connectivity index (χ2n) is 5.24. The van der Waals surface area contributed by atoms with Crippen LogP contribution in [0, 0.1) is 31.9 Å². The van der Waals surface area contributed by atoms with E-state index in [1.165, 1.54) is 0 Å². The molecular weight excluding hydrogens is 384 g/mol. The molecule has 0 spiro atoms. The molecule has 1 unspecified atom stereocenters. The molecule has 0 saturated carbocycles. The number of nitro benzene ring substituents is 2. The molecule has 148 valence electrons. The van der Waals surface area contributed by atoms with E-state index in [1.54, 1.807) is 0 Å². The third-order valence-electron chi connectivity index (χ3n) is 3.29. The number of aliphatic carboxylic acids is 1. The summed E-state index contributed by atoms with van der Waals surface area (Å²) in [6.07, 6.45) is -0.245. The van der Waals surface area contributed by atoms with Crippen LogP contribution in [0.1, 0.15) is 28.4 Å². The van der Waals surface area contributed by atoms with Gasteiger partial charge in [0.15, 0.2) is 6.29 Å². The van der Waals surface area contributed by atoms with Crippen LogP contribution in [0.15, 0.2) is 36.4 Å². The van der Waals surface area contributed by atoms with Crippen molar-refractivity contribution in [1.29, 1.82) is 0 Å². The lowest BCUT2D eigenvalue weighted by atomic mass is 10.0. The van der Waals surface area contributed by atoms with Gasteiger partial charge < -0.3 is 10.8 Å². The molecule has 3 N–H and O–H groups in total. The summed E-state index contributed by atoms with van der Waals surface area (Å²) in [6.45, 7) is 0. The Kier molecular flexibility index (Phi) is 7.77. The summed E-state index contributed by atoms with van der Waals surface area (Å²) in [5.41, 5.74) is 4.32. The van der Waals surface area contributed by atoms with Gasteiger partial charge in [-0.1, -0.05) is 0 Å². The lowest BCUT2D eigenvalue weighted by Crippen LogP contribution is -2.16. The summed E-state index contributed by atoms with van der Waals surface area (Å²) in [4.78, 5) is 40.0. The Bertz CT molecular complexity index is 921. The van der Waals surface area contributed by atoms with Crippen molar-refractivity contribution in [3.63, 3.8) is 0 Å². The molecule has 2 aromatic rings. The van der Waals surface area contributed by atoms with Gasteiger partial charge in [0.25, 0.3) is 11.4 Å². The summed E-state index contributed by atoms with van der Waals surface area (Å²) in [7, 11) is 0. The number of nitrogens with two attached hydrogens (primary N) is 1. The third-order valence-corrected chi connectivity index (χ3v) is 3.29. The fourth-order valence-electron chi connectivity index (χ4n) is 2.07. The maximum Gasteiger partial charge on any atom is 0.305 e. The molecule has 1 atom stereocenters. The molecule has 0 amide bonds. The SMILES string of the molecule is NC(CC(=O)O)c1cc(F)ccc1[N+](=O)[O-].O=Cc1cc(F)ccc1[N+](=O)[O-]. The fourth-order valence-corrected chi connectivity index (χ4v) is 2.07. The van der Waals surface area contributed by atoms with Crippen LogP contribution in [0.25, 0.3) is 0 Å². The van der Waals surface area contributed by atoms with Crippen molar-refractivity contribution >= 4 is 23.6 Å². The van der Waals surface area contributed by atoms with Crippen molar-refractivity contribution in [2.45, 2.75) is 12.5 Å². The van der Waals surface area contributed by atoms with Crippen molar-refractivity contribution in [2.75, 3.05) is 0 Å². The summed E-state index contributed by atoms with van der Waals surface area (Å²) in [6, 6.07) is 4.39. The molecular formula is C16H13F2N3O7. The minimum absolute atomic E-state index is 0.118. The van der Waals surface area contributed by atoms with E-state index in [4.69, 9.17) is 10.8 Å². The summed E-state index contributed by atoms with van der Waals surface area (Å²) in [5.74, 6) is -2.56. The third kappa shape index (κ3) is 6.17. The maximum atomic E-state index is 12.9. The van der Waals surface area contributed by atoms with Gasteiger partial charge in [0, 0.05) is 23.7 Å². The predicted molar refractivity (Wildman–Crippen MR) is 90.7 cm³/mol. The molecule has 12 heteroatoms. The van der Waals surface area contributed by atoms with Gasteiger partial charge in [0.1, 0.15) is 11.6 Å². The quantitative estimate of drug-likeness (QED) is 0.426. The smallest absolute Gasteiger partial charge is 0.305 e. The Morgan fingerprint density at radius 2 is 1.57 bits per heavy atom. The van der Waals surface area contributed by atoms with Crippen molar-refractivity contribution in [1.82, 2.24) is 0 Å². The first-order chi connectivity index (χ1) is 13.1. The molecule has 0 aliphatic carbocycles. The number of benzene rings is 2. The minimum atomic E-state index is -1.20. The largest absolute Gasteiger partial charge is 0.481 e. The highest BCUT2D eigenvalue weighted by Crippen LogP contribution is 2.26. The van der Waals surface area contributed by atoms with E-state index in [2.05, 4.69) is 0 Å². The number of rotatable bonds is 6. The average molecular weight is 397 g/mol. The van der Waals surface area contributed by atoms with Crippen LogP contribution in [-0.4, -0.2) is 27.2 Å². The number of carboxylic acids is 1. The van der Waals surface area contributed by atoms with Crippen molar-refractivity contribution in [3.05, 3.63) is 79.4 Å². The monoisotopic (exact) mass is 397 g/mol. The van der Waals surface area contributed by atoms with E-state index in [9.17, 15) is 38.6 Å². The topological polar surface area (TPSA) is 167 Å². The first-order valence-electron chi connectivity index (χ1n) is 7.37. The Hall–Kier alpha value is -3.80. The number of halogens is 2. The van der Waals surface area contributed by atoms with Crippen LogP contribution in [0.2, 0.25) is 0 Å². The van der Waals surface area contributed by atoms with Crippen LogP contribution in [-0.2, 0) is 4.79 Å². The number of aldehydes is 1. The highest BCUT2D eigenvalue weighted by Gasteiger charge is 2.21. The minimum Gasteiger partial charge on any atom is -0.481 e. The molecule has 0 saturated heterocycles. The molecule has 0 fully saturated rings. The Labute approximate surface area is 155 Å². The molecule has 0 radical (unpaired) electrons. The van der Waals surface area contributed by atoms with Gasteiger partial charge in [-0.15, -0.1) is 0 Å². The van der Waals surface area contributed by atoms with Crippen LogP contribution < -0.4 is 5.73 Å². The molecule has 0 aliphatic heterocycles. The summed E-state index contributed by atoms with van der Waals surface area (Å²) >= 11 is 0. The van der Waals surface area contributed by atoms with E-state index in [0.29, 0.717) is 0 Å². The van der Waals surface area contributed by atoms with Crippen LogP contribution in [0.5, 0.6) is 0 Å². The van der Waals surface area contributed by atoms with Crippen LogP contribution >= 0.6 is 0 Å². The number of hydrogen-bond donors (Lipinski definition) is 2. The summed E-state index contributed by atoms with van der Waals surface area (Å²) < 4.78 is 25.3. The Morgan fingerprint density at radius 1 is 1.07 bits per heavy atom. The van der Waals surface area contributed by atoms with Crippen molar-refractivity contribution in [3.8, 4) is 0 Å². The van der Waals surface area contributed by atoms with Gasteiger partial charge in [-0.25, -0.2) is 8.78 Å². The van der Waals surface area contributed by atoms with Crippen molar-refractivity contribution < 1.29 is 33.3 Å². The number of hydrogen-bond acceptors (Lipinski definition) is 7. The van der Waals surface area contributed by atoms with E-state index >= 15 is 0 Å². The van der Waals surface area contributed by atoms with E-state index < -0.39 is 39.9 Å². The predicted octanol–water partition coefficient (Wildman–Crippen LogP) is 2.75. The second kappa shape index (κ2) is 9.78. The van der Waals surface area contributed by atoms with Gasteiger partial charge in [-0.3, -0.25) is 29.8 Å². The summed E-state index contributed by atoms with van der Waals surface area (Å²) in [5, 5.41) is 29.3. The normalized spacial score (nSPS) is 11.0. The van der Waals surface area contributed by atoms with Crippen LogP contribution in [0.3, 0.4) is 0 Å². The molecule has 2 aromatic carbocycles. The number of nitrogens with zero attached hydrogens (tertiary/aromatic N) is 2. The molecule has 0 bridgehead atoms. The highest BCUT2D eigenvalue weighted by atomic mass is 19.1. The zero-order chi connectivity index (χ0) is 21.4. The first-order valence-corrected chi connectivity index (χ1v) is 7.37. The van der Waals surface area contributed by atoms with E-state index in [-0.39, 0.29) is 28.8 Å². The molecule has 28 heavy (non-hydrogen) atoms. The van der Waals surface area contributed by atoms with Gasteiger partial charge >= 0.3 is 5.97 Å². The lowest BCUT2D eigenvalue weighted by Gasteiger charge is -2.09. The van der Waals surface area contributed by atoms with Gasteiger partial charge in [0.2, 0.25) is 0 Å². The van der Waals surface area contributed by atoms with Gasteiger partial charge in [-0.05, 0) is 24.3 Å². The molecule has 0 aliphatic rings. The molecule has 0 aromatic heterocycles. The van der Waals surface area contributed by atoms with E-state index in [0.717, 1.165) is 36.4 Å². The first kappa shape index (κ1) is 22.2. The zero-order valence-electron chi connectivity index (χ0n) is 14.0. The van der Waals surface area contributed by atoms with Crippen molar-refractivity contribution in [2.24, 2.45) is 5.73 Å². The standard InChI is InChI=1S/C9H9FN2O4.C7H4FNO3/c10-5-1-2-8(12(15)16)6(3-5)7(11)4-9(13)14;8-6-1-2-7(9(11)12)5(3-6)4-10/h1-3,7H,4,11H2,(H,13,14);1-4H.